The fourth-order valence-corrected chi connectivity index (χ4v) is 2.89. The fraction of sp³-hybridized carbons (Fsp3) is 0.333. The molecular weight excluding hydrogens is 336 g/mol. The Morgan fingerprint density at radius 3 is 2.52 bits per heavy atom. The predicted molar refractivity (Wildman–Crippen MR) is 83.9 cm³/mol. The summed E-state index contributed by atoms with van der Waals surface area (Å²) in [6.07, 6.45) is 0. The first kappa shape index (κ1) is 15.6. The standard InChI is InChI=1S/C15H17BrN2O3/c1-8(2)10-5-9(6-11(16)14(10)21-4)13-7-12(15(19)20)17-18(13)3/h5-8H,1-4H3,(H,19,20). The average molecular weight is 353 g/mol. The van der Waals surface area contributed by atoms with Crippen molar-refractivity contribution in [2.75, 3.05) is 7.11 Å². The summed E-state index contributed by atoms with van der Waals surface area (Å²) >= 11 is 3.51. The third-order valence-corrected chi connectivity index (χ3v) is 3.88. The molecule has 5 nitrogen and oxygen atoms in total. The van der Waals surface area contributed by atoms with Gasteiger partial charge in [0.2, 0.25) is 0 Å². The van der Waals surface area contributed by atoms with E-state index in [0.717, 1.165) is 27.0 Å². The number of aryl methyl sites for hydroxylation is 1. The van der Waals surface area contributed by atoms with Crippen LogP contribution < -0.4 is 4.74 Å². The van der Waals surface area contributed by atoms with E-state index in [2.05, 4.69) is 34.9 Å². The molecule has 0 atom stereocenters. The lowest BCUT2D eigenvalue weighted by atomic mass is 9.98. The van der Waals surface area contributed by atoms with E-state index in [4.69, 9.17) is 9.84 Å². The Bertz CT molecular complexity index is 692. The quantitative estimate of drug-likeness (QED) is 0.911. The van der Waals surface area contributed by atoms with Gasteiger partial charge in [0.15, 0.2) is 5.69 Å². The Morgan fingerprint density at radius 2 is 2.05 bits per heavy atom. The van der Waals surface area contributed by atoms with Gasteiger partial charge >= 0.3 is 5.97 Å². The topological polar surface area (TPSA) is 64.3 Å². The molecule has 2 aromatic rings. The van der Waals surface area contributed by atoms with Gasteiger partial charge < -0.3 is 9.84 Å². The molecule has 0 unspecified atom stereocenters. The largest absolute Gasteiger partial charge is 0.495 e. The van der Waals surface area contributed by atoms with Gasteiger partial charge in [-0.1, -0.05) is 13.8 Å². The summed E-state index contributed by atoms with van der Waals surface area (Å²) < 4.78 is 7.85. The van der Waals surface area contributed by atoms with Crippen molar-refractivity contribution in [3.05, 3.63) is 33.9 Å². The highest BCUT2D eigenvalue weighted by Gasteiger charge is 2.17. The van der Waals surface area contributed by atoms with Crippen LogP contribution in [0.5, 0.6) is 5.75 Å². The number of rotatable bonds is 4. The van der Waals surface area contributed by atoms with Crippen molar-refractivity contribution in [3.8, 4) is 17.0 Å². The first-order chi connectivity index (χ1) is 9.85. The van der Waals surface area contributed by atoms with E-state index < -0.39 is 5.97 Å². The van der Waals surface area contributed by atoms with Crippen LogP contribution in [0.4, 0.5) is 0 Å². The van der Waals surface area contributed by atoms with Crippen LogP contribution in [0.2, 0.25) is 0 Å². The molecule has 0 aliphatic rings. The lowest BCUT2D eigenvalue weighted by molar-refractivity contribution is 0.0689. The smallest absolute Gasteiger partial charge is 0.356 e. The zero-order chi connectivity index (χ0) is 15.7. The zero-order valence-electron chi connectivity index (χ0n) is 12.3. The van der Waals surface area contributed by atoms with E-state index in [-0.39, 0.29) is 11.6 Å². The van der Waals surface area contributed by atoms with E-state index in [9.17, 15) is 4.79 Å². The summed E-state index contributed by atoms with van der Waals surface area (Å²) in [5, 5.41) is 13.0. The molecule has 21 heavy (non-hydrogen) atoms. The van der Waals surface area contributed by atoms with Crippen molar-refractivity contribution in [1.29, 1.82) is 0 Å². The Kier molecular flexibility index (Phi) is 4.37. The molecule has 0 fully saturated rings. The molecule has 112 valence electrons. The SMILES string of the molecule is COc1c(Br)cc(-c2cc(C(=O)O)nn2C)cc1C(C)C. The van der Waals surface area contributed by atoms with Crippen LogP contribution in [-0.4, -0.2) is 28.0 Å². The van der Waals surface area contributed by atoms with Crippen LogP contribution >= 0.6 is 15.9 Å². The van der Waals surface area contributed by atoms with Gasteiger partial charge in [0.1, 0.15) is 5.75 Å². The number of methoxy groups -OCH3 is 1. The van der Waals surface area contributed by atoms with E-state index in [1.807, 2.05) is 12.1 Å². The monoisotopic (exact) mass is 352 g/mol. The summed E-state index contributed by atoms with van der Waals surface area (Å²) in [7, 11) is 3.37. The molecule has 0 aliphatic heterocycles. The molecular formula is C15H17BrN2O3. The molecule has 1 heterocycles. The van der Waals surface area contributed by atoms with Gasteiger partial charge in [0.25, 0.3) is 0 Å². The Balaban J connectivity index is 2.62. The lowest BCUT2D eigenvalue weighted by Gasteiger charge is -2.15. The number of halogens is 1. The third-order valence-electron chi connectivity index (χ3n) is 3.29. The molecule has 1 aromatic carbocycles. The molecule has 0 spiro atoms. The summed E-state index contributed by atoms with van der Waals surface area (Å²) in [5.41, 5.74) is 2.73. The molecule has 0 saturated carbocycles. The molecule has 0 bridgehead atoms. The zero-order valence-corrected chi connectivity index (χ0v) is 13.9. The lowest BCUT2D eigenvalue weighted by Crippen LogP contribution is -2.00. The van der Waals surface area contributed by atoms with Crippen LogP contribution in [-0.2, 0) is 7.05 Å². The number of aromatic nitrogens is 2. The van der Waals surface area contributed by atoms with Crippen molar-refractivity contribution >= 4 is 21.9 Å². The van der Waals surface area contributed by atoms with Crippen molar-refractivity contribution in [2.45, 2.75) is 19.8 Å². The Hall–Kier alpha value is -1.82. The number of ether oxygens (including phenoxy) is 1. The van der Waals surface area contributed by atoms with Crippen LogP contribution in [0.25, 0.3) is 11.3 Å². The fourth-order valence-electron chi connectivity index (χ4n) is 2.25. The minimum Gasteiger partial charge on any atom is -0.495 e. The number of aromatic carboxylic acids is 1. The molecule has 0 saturated heterocycles. The van der Waals surface area contributed by atoms with Crippen molar-refractivity contribution in [3.63, 3.8) is 0 Å². The maximum absolute atomic E-state index is 11.0. The maximum atomic E-state index is 11.0. The van der Waals surface area contributed by atoms with Crippen molar-refractivity contribution in [1.82, 2.24) is 9.78 Å². The van der Waals surface area contributed by atoms with Crippen molar-refractivity contribution in [2.24, 2.45) is 7.05 Å². The highest BCUT2D eigenvalue weighted by molar-refractivity contribution is 9.10. The number of hydrogen-bond donors (Lipinski definition) is 1. The van der Waals surface area contributed by atoms with Crippen LogP contribution in [0.1, 0.15) is 35.8 Å². The molecule has 0 radical (unpaired) electrons. The van der Waals surface area contributed by atoms with Gasteiger partial charge in [-0.05, 0) is 45.6 Å². The Labute approximate surface area is 131 Å². The normalized spacial score (nSPS) is 11.0. The minimum absolute atomic E-state index is 0.0329. The van der Waals surface area contributed by atoms with Gasteiger partial charge in [0, 0.05) is 12.6 Å². The summed E-state index contributed by atoms with van der Waals surface area (Å²) in [4.78, 5) is 11.0. The van der Waals surface area contributed by atoms with Crippen LogP contribution in [0.15, 0.2) is 22.7 Å². The highest BCUT2D eigenvalue weighted by atomic mass is 79.9. The molecule has 6 heteroatoms. The van der Waals surface area contributed by atoms with E-state index >= 15 is 0 Å². The predicted octanol–water partition coefficient (Wildman–Crippen LogP) is 3.68. The second-order valence-electron chi connectivity index (χ2n) is 5.08. The number of benzene rings is 1. The number of carboxylic acid groups (broad SMARTS) is 1. The maximum Gasteiger partial charge on any atom is 0.356 e. The van der Waals surface area contributed by atoms with E-state index in [1.165, 1.54) is 0 Å². The molecule has 0 amide bonds. The van der Waals surface area contributed by atoms with E-state index in [1.54, 1.807) is 24.9 Å². The summed E-state index contributed by atoms with van der Waals surface area (Å²) in [6, 6.07) is 5.49. The number of nitrogens with zero attached hydrogens (tertiary/aromatic N) is 2. The number of hydrogen-bond acceptors (Lipinski definition) is 3. The molecule has 1 N–H and O–H groups in total. The van der Waals surface area contributed by atoms with Crippen LogP contribution in [0, 0.1) is 0 Å². The summed E-state index contributed by atoms with van der Waals surface area (Å²) in [5.74, 6) is 0.0475. The first-order valence-electron chi connectivity index (χ1n) is 6.50. The Morgan fingerprint density at radius 1 is 1.38 bits per heavy atom. The second-order valence-corrected chi connectivity index (χ2v) is 5.93. The number of carbonyl (C=O) groups is 1. The molecule has 1 aromatic heterocycles. The van der Waals surface area contributed by atoms with Gasteiger partial charge in [0.05, 0.1) is 17.3 Å². The first-order valence-corrected chi connectivity index (χ1v) is 7.29. The molecule has 0 aliphatic carbocycles. The van der Waals surface area contributed by atoms with E-state index in [0.29, 0.717) is 0 Å². The van der Waals surface area contributed by atoms with Crippen LogP contribution in [0.3, 0.4) is 0 Å². The van der Waals surface area contributed by atoms with Gasteiger partial charge in [-0.3, -0.25) is 4.68 Å². The minimum atomic E-state index is -1.03. The second kappa shape index (κ2) is 5.89. The molecule has 2 rings (SSSR count). The van der Waals surface area contributed by atoms with Crippen molar-refractivity contribution < 1.29 is 14.6 Å². The number of carboxylic acids is 1. The van der Waals surface area contributed by atoms with Gasteiger partial charge in [-0.2, -0.15) is 5.10 Å². The summed E-state index contributed by atoms with van der Waals surface area (Å²) in [6.45, 7) is 4.17. The van der Waals surface area contributed by atoms with Gasteiger partial charge in [-0.25, -0.2) is 4.79 Å². The van der Waals surface area contributed by atoms with Gasteiger partial charge in [-0.15, -0.1) is 0 Å². The third kappa shape index (κ3) is 2.95. The highest BCUT2D eigenvalue weighted by Crippen LogP contribution is 2.38. The average Bonchev–Trinajstić information content (AvgIpc) is 2.80.